The predicted molar refractivity (Wildman–Crippen MR) is 83.9 cm³/mol. The van der Waals surface area contributed by atoms with Crippen molar-refractivity contribution < 1.29 is 8.42 Å². The Kier molecular flexibility index (Phi) is 5.13. The molecule has 6 nitrogen and oxygen atoms in total. The van der Waals surface area contributed by atoms with Crippen LogP contribution < -0.4 is 0 Å². The molecule has 2 rings (SSSR count). The molecule has 2 aromatic rings. The number of alkyl halides is 1. The highest BCUT2D eigenvalue weighted by atomic mass is 79.9. The summed E-state index contributed by atoms with van der Waals surface area (Å²) in [4.78, 5) is 0.283. The van der Waals surface area contributed by atoms with Gasteiger partial charge in [-0.1, -0.05) is 33.3 Å². The molecule has 0 saturated carbocycles. The highest BCUT2D eigenvalue weighted by Crippen LogP contribution is 2.15. The molecule has 0 bridgehead atoms. The van der Waals surface area contributed by atoms with Crippen LogP contribution in [-0.4, -0.2) is 47.1 Å². The fourth-order valence-electron chi connectivity index (χ4n) is 1.83. The molecule has 0 radical (unpaired) electrons. The van der Waals surface area contributed by atoms with E-state index in [9.17, 15) is 8.42 Å². The van der Waals surface area contributed by atoms with Gasteiger partial charge < -0.3 is 0 Å². The van der Waals surface area contributed by atoms with E-state index in [0.29, 0.717) is 6.54 Å². The Hall–Kier alpha value is -1.25. The van der Waals surface area contributed by atoms with Gasteiger partial charge in [0.15, 0.2) is 0 Å². The van der Waals surface area contributed by atoms with E-state index >= 15 is 0 Å². The second-order valence-corrected chi connectivity index (χ2v) is 7.73. The van der Waals surface area contributed by atoms with Crippen molar-refractivity contribution in [2.75, 3.05) is 19.4 Å². The topological polar surface area (TPSA) is 68.1 Å². The summed E-state index contributed by atoms with van der Waals surface area (Å²) in [6.45, 7) is 0.492. The minimum absolute atomic E-state index is 0.283. The van der Waals surface area contributed by atoms with Crippen molar-refractivity contribution in [3.63, 3.8) is 0 Å². The lowest BCUT2D eigenvalue weighted by Gasteiger charge is -2.12. The van der Waals surface area contributed by atoms with Gasteiger partial charge in [-0.3, -0.25) is 0 Å². The first-order valence-corrected chi connectivity index (χ1v) is 8.96. The zero-order valence-corrected chi connectivity index (χ0v) is 14.3. The molecule has 0 aliphatic heterocycles. The molecule has 0 aliphatic carbocycles. The Balaban J connectivity index is 2.21. The van der Waals surface area contributed by atoms with Gasteiger partial charge in [0.2, 0.25) is 10.0 Å². The molecule has 1 aromatic heterocycles. The molecule has 114 valence electrons. The van der Waals surface area contributed by atoms with Crippen LogP contribution in [0.15, 0.2) is 35.4 Å². The third-order valence-electron chi connectivity index (χ3n) is 2.96. The summed E-state index contributed by atoms with van der Waals surface area (Å²) in [6, 6.07) is 6.88. The smallest absolute Gasteiger partial charge is 0.242 e. The fraction of sp³-hybridized carbons (Fsp3) is 0.385. The van der Waals surface area contributed by atoms with Crippen LogP contribution in [0.4, 0.5) is 0 Å². The van der Waals surface area contributed by atoms with Crippen LogP contribution in [0.25, 0.3) is 0 Å². The number of hydrogen-bond donors (Lipinski definition) is 0. The number of benzene rings is 1. The minimum atomic E-state index is -3.41. The molecule has 0 N–H and O–H groups in total. The molecule has 0 spiro atoms. The van der Waals surface area contributed by atoms with Crippen molar-refractivity contribution in [1.29, 1.82) is 0 Å². The molecular formula is C13H17BrN4O2S. The monoisotopic (exact) mass is 372 g/mol. The van der Waals surface area contributed by atoms with E-state index in [-0.39, 0.29) is 4.90 Å². The Labute approximate surface area is 132 Å². The van der Waals surface area contributed by atoms with Gasteiger partial charge >= 0.3 is 0 Å². The summed E-state index contributed by atoms with van der Waals surface area (Å²) < 4.78 is 27.1. The first-order chi connectivity index (χ1) is 9.93. The van der Waals surface area contributed by atoms with E-state index in [2.05, 4.69) is 26.2 Å². The maximum Gasteiger partial charge on any atom is 0.242 e. The van der Waals surface area contributed by atoms with Gasteiger partial charge in [-0.2, -0.15) is 0 Å². The van der Waals surface area contributed by atoms with Gasteiger partial charge in [0.25, 0.3) is 0 Å². The Bertz CT molecular complexity index is 712. The number of aryl methyl sites for hydroxylation is 1. The zero-order valence-electron chi connectivity index (χ0n) is 11.9. The Morgan fingerprint density at radius 3 is 2.76 bits per heavy atom. The molecule has 0 fully saturated rings. The van der Waals surface area contributed by atoms with Crippen LogP contribution in [0, 0.1) is 0 Å². The second kappa shape index (κ2) is 6.67. The van der Waals surface area contributed by atoms with Crippen molar-refractivity contribution >= 4 is 26.0 Å². The van der Waals surface area contributed by atoms with Crippen LogP contribution in [-0.2, 0) is 23.0 Å². The van der Waals surface area contributed by atoms with Gasteiger partial charge in [-0.25, -0.2) is 17.4 Å². The van der Waals surface area contributed by atoms with Crippen molar-refractivity contribution in [2.45, 2.75) is 17.9 Å². The van der Waals surface area contributed by atoms with Crippen LogP contribution >= 0.6 is 15.9 Å². The lowest BCUT2D eigenvalue weighted by molar-refractivity contribution is 0.520. The van der Waals surface area contributed by atoms with Crippen molar-refractivity contribution in [1.82, 2.24) is 19.3 Å². The molecular weight excluding hydrogens is 356 g/mol. The lowest BCUT2D eigenvalue weighted by Crippen LogP contribution is -2.22. The zero-order chi connectivity index (χ0) is 15.5. The van der Waals surface area contributed by atoms with Crippen molar-refractivity contribution in [2.24, 2.45) is 0 Å². The van der Waals surface area contributed by atoms with Crippen LogP contribution in [0.1, 0.15) is 11.3 Å². The normalized spacial score (nSPS) is 12.0. The SMILES string of the molecule is CN(C)S(=O)(=O)c1cccc(Cn2cc(CCBr)nn2)c1. The highest BCUT2D eigenvalue weighted by Gasteiger charge is 2.17. The standard InChI is InChI=1S/C13H17BrN4O2S/c1-17(2)21(19,20)13-5-3-4-11(8-13)9-18-10-12(6-7-14)15-16-18/h3-5,8,10H,6-7,9H2,1-2H3. The molecule has 1 heterocycles. The minimum Gasteiger partial charge on any atom is -0.248 e. The summed E-state index contributed by atoms with van der Waals surface area (Å²) in [5.41, 5.74) is 1.78. The summed E-state index contributed by atoms with van der Waals surface area (Å²) >= 11 is 3.36. The van der Waals surface area contributed by atoms with E-state index in [1.54, 1.807) is 22.9 Å². The molecule has 0 atom stereocenters. The Morgan fingerprint density at radius 2 is 2.10 bits per heavy atom. The second-order valence-electron chi connectivity index (χ2n) is 4.78. The number of aromatic nitrogens is 3. The average molecular weight is 373 g/mol. The molecule has 0 aliphatic rings. The van der Waals surface area contributed by atoms with E-state index in [1.165, 1.54) is 18.4 Å². The summed E-state index contributed by atoms with van der Waals surface area (Å²) in [5.74, 6) is 0. The van der Waals surface area contributed by atoms with Gasteiger partial charge in [0.05, 0.1) is 17.1 Å². The lowest BCUT2D eigenvalue weighted by atomic mass is 10.2. The molecule has 1 aromatic carbocycles. The summed E-state index contributed by atoms with van der Waals surface area (Å²) in [7, 11) is -0.374. The third kappa shape index (κ3) is 3.90. The quantitative estimate of drug-likeness (QED) is 0.720. The van der Waals surface area contributed by atoms with E-state index in [0.717, 1.165) is 23.0 Å². The van der Waals surface area contributed by atoms with E-state index < -0.39 is 10.0 Å². The number of halogens is 1. The summed E-state index contributed by atoms with van der Waals surface area (Å²) in [6.07, 6.45) is 2.68. The maximum absolute atomic E-state index is 12.1. The van der Waals surface area contributed by atoms with Gasteiger partial charge in [0.1, 0.15) is 0 Å². The first kappa shape index (κ1) is 16.1. The van der Waals surface area contributed by atoms with E-state index in [4.69, 9.17) is 0 Å². The van der Waals surface area contributed by atoms with Gasteiger partial charge in [0, 0.05) is 32.0 Å². The third-order valence-corrected chi connectivity index (χ3v) is 5.17. The van der Waals surface area contributed by atoms with Crippen LogP contribution in [0.3, 0.4) is 0 Å². The van der Waals surface area contributed by atoms with Crippen LogP contribution in [0.2, 0.25) is 0 Å². The van der Waals surface area contributed by atoms with Gasteiger partial charge in [-0.05, 0) is 17.7 Å². The van der Waals surface area contributed by atoms with Gasteiger partial charge in [-0.15, -0.1) is 5.10 Å². The number of rotatable bonds is 6. The summed E-state index contributed by atoms with van der Waals surface area (Å²) in [5, 5.41) is 8.94. The predicted octanol–water partition coefficient (Wildman–Crippen LogP) is 1.51. The molecule has 8 heteroatoms. The number of hydrogen-bond acceptors (Lipinski definition) is 4. The van der Waals surface area contributed by atoms with Crippen molar-refractivity contribution in [3.8, 4) is 0 Å². The van der Waals surface area contributed by atoms with E-state index in [1.807, 2.05) is 12.3 Å². The molecule has 0 amide bonds. The maximum atomic E-state index is 12.1. The highest BCUT2D eigenvalue weighted by molar-refractivity contribution is 9.09. The molecule has 0 unspecified atom stereocenters. The number of nitrogens with zero attached hydrogens (tertiary/aromatic N) is 4. The fourth-order valence-corrected chi connectivity index (χ4v) is 3.21. The number of sulfonamides is 1. The Morgan fingerprint density at radius 1 is 1.33 bits per heavy atom. The molecule has 0 saturated heterocycles. The average Bonchev–Trinajstić information content (AvgIpc) is 2.86. The van der Waals surface area contributed by atoms with Crippen LogP contribution in [0.5, 0.6) is 0 Å². The molecule has 21 heavy (non-hydrogen) atoms. The largest absolute Gasteiger partial charge is 0.248 e. The van der Waals surface area contributed by atoms with Crippen molar-refractivity contribution in [3.05, 3.63) is 41.7 Å². The first-order valence-electron chi connectivity index (χ1n) is 6.40.